The maximum absolute atomic E-state index is 12.3. The van der Waals surface area contributed by atoms with E-state index >= 15 is 0 Å². The third-order valence-electron chi connectivity index (χ3n) is 5.54. The quantitative estimate of drug-likeness (QED) is 0.858. The first-order valence-electron chi connectivity index (χ1n) is 10.4. The molecule has 1 atom stereocenters. The summed E-state index contributed by atoms with van der Waals surface area (Å²) < 4.78 is 5.49. The van der Waals surface area contributed by atoms with Crippen molar-refractivity contribution in [3.63, 3.8) is 0 Å². The first kappa shape index (κ1) is 20.9. The molecular weight excluding hydrogens is 354 g/mol. The number of aryl methyl sites for hydroxylation is 1. The Labute approximate surface area is 169 Å². The normalized spacial score (nSPS) is 21.2. The highest BCUT2D eigenvalue weighted by Crippen LogP contribution is 2.29. The third-order valence-corrected chi connectivity index (χ3v) is 5.54. The fourth-order valence-corrected chi connectivity index (χ4v) is 3.96. The van der Waals surface area contributed by atoms with Crippen molar-refractivity contribution < 1.29 is 14.6 Å². The van der Waals surface area contributed by atoms with E-state index < -0.39 is 5.60 Å². The minimum atomic E-state index is -0.451. The maximum atomic E-state index is 12.3. The minimum absolute atomic E-state index is 0.213. The largest absolute Gasteiger partial charge is 0.444 e. The van der Waals surface area contributed by atoms with Gasteiger partial charge in [-0.05, 0) is 51.3 Å². The van der Waals surface area contributed by atoms with Crippen molar-refractivity contribution in [1.82, 2.24) is 9.80 Å². The number of hydrogen-bond donors (Lipinski definition) is 1. The van der Waals surface area contributed by atoms with Crippen LogP contribution >= 0.6 is 0 Å². The van der Waals surface area contributed by atoms with Crippen molar-refractivity contribution in [3.8, 4) is 0 Å². The zero-order chi connectivity index (χ0) is 20.3. The summed E-state index contributed by atoms with van der Waals surface area (Å²) in [7, 11) is 0. The average molecular weight is 390 g/mol. The molecule has 3 rings (SSSR count). The Kier molecular flexibility index (Phi) is 6.50. The fourth-order valence-electron chi connectivity index (χ4n) is 3.96. The molecule has 156 valence electrons. The summed E-state index contributed by atoms with van der Waals surface area (Å²) >= 11 is 0. The summed E-state index contributed by atoms with van der Waals surface area (Å²) in [5.74, 6) is 0.380. The summed E-state index contributed by atoms with van der Waals surface area (Å²) in [6.07, 6.45) is 0.841. The van der Waals surface area contributed by atoms with Crippen LogP contribution in [0, 0.1) is 12.8 Å². The molecule has 1 N–H and O–H groups in total. The molecule has 6 heteroatoms. The number of benzene rings is 1. The zero-order valence-corrected chi connectivity index (χ0v) is 17.8. The van der Waals surface area contributed by atoms with Crippen LogP contribution in [-0.4, -0.2) is 72.5 Å². The number of nitrogens with zero attached hydrogens (tertiary/aromatic N) is 3. The van der Waals surface area contributed by atoms with E-state index in [1.807, 2.05) is 25.7 Å². The SMILES string of the molecule is Cc1ccc(CN2CCN(C(=O)OC(C)(C)C)CC2)c(N2CC[C@H](CO)C2)c1. The van der Waals surface area contributed by atoms with Crippen molar-refractivity contribution in [2.45, 2.75) is 46.3 Å². The van der Waals surface area contributed by atoms with Crippen LogP contribution in [0.15, 0.2) is 18.2 Å². The highest BCUT2D eigenvalue weighted by molar-refractivity contribution is 5.68. The molecular formula is C22H35N3O3. The molecule has 2 aliphatic rings. The van der Waals surface area contributed by atoms with Crippen molar-refractivity contribution >= 4 is 11.8 Å². The Morgan fingerprint density at radius 3 is 2.50 bits per heavy atom. The summed E-state index contributed by atoms with van der Waals surface area (Å²) in [6.45, 7) is 14.0. The van der Waals surface area contributed by atoms with Gasteiger partial charge in [-0.2, -0.15) is 0 Å². The van der Waals surface area contributed by atoms with Crippen molar-refractivity contribution in [2.24, 2.45) is 5.92 Å². The van der Waals surface area contributed by atoms with E-state index in [2.05, 4.69) is 34.9 Å². The van der Waals surface area contributed by atoms with Gasteiger partial charge in [0.25, 0.3) is 0 Å². The number of piperazine rings is 1. The van der Waals surface area contributed by atoms with Gasteiger partial charge < -0.3 is 19.6 Å². The van der Waals surface area contributed by atoms with Crippen LogP contribution in [0.5, 0.6) is 0 Å². The Bertz CT molecular complexity index is 678. The van der Waals surface area contributed by atoms with E-state index in [1.54, 1.807) is 0 Å². The van der Waals surface area contributed by atoms with E-state index in [9.17, 15) is 9.90 Å². The van der Waals surface area contributed by atoms with E-state index in [4.69, 9.17) is 4.74 Å². The third kappa shape index (κ3) is 5.39. The maximum Gasteiger partial charge on any atom is 0.410 e. The van der Waals surface area contributed by atoms with Crippen LogP contribution in [-0.2, 0) is 11.3 Å². The summed E-state index contributed by atoms with van der Waals surface area (Å²) in [5.41, 5.74) is 3.44. The van der Waals surface area contributed by atoms with Gasteiger partial charge in [-0.25, -0.2) is 4.79 Å². The highest BCUT2D eigenvalue weighted by atomic mass is 16.6. The molecule has 1 aromatic rings. The van der Waals surface area contributed by atoms with Gasteiger partial charge in [-0.3, -0.25) is 4.90 Å². The second-order valence-corrected chi connectivity index (χ2v) is 9.16. The fraction of sp³-hybridized carbons (Fsp3) is 0.682. The van der Waals surface area contributed by atoms with Crippen LogP contribution in [0.2, 0.25) is 0 Å². The molecule has 2 heterocycles. The number of carbonyl (C=O) groups is 1. The molecule has 1 aromatic carbocycles. The van der Waals surface area contributed by atoms with Crippen LogP contribution < -0.4 is 4.90 Å². The van der Waals surface area contributed by atoms with E-state index in [0.717, 1.165) is 39.1 Å². The Hall–Kier alpha value is -1.79. The number of aliphatic hydroxyl groups excluding tert-OH is 1. The van der Waals surface area contributed by atoms with Gasteiger partial charge in [-0.15, -0.1) is 0 Å². The molecule has 28 heavy (non-hydrogen) atoms. The Balaban J connectivity index is 1.60. The van der Waals surface area contributed by atoms with Crippen molar-refractivity contribution in [2.75, 3.05) is 50.8 Å². The predicted molar refractivity (Wildman–Crippen MR) is 112 cm³/mol. The molecule has 0 saturated carbocycles. The van der Waals surface area contributed by atoms with Crippen molar-refractivity contribution in [1.29, 1.82) is 0 Å². The lowest BCUT2D eigenvalue weighted by atomic mass is 10.1. The molecule has 2 fully saturated rings. The van der Waals surface area contributed by atoms with Gasteiger partial charge in [-0.1, -0.05) is 12.1 Å². The highest BCUT2D eigenvalue weighted by Gasteiger charge is 2.27. The molecule has 0 radical (unpaired) electrons. The number of hydrogen-bond acceptors (Lipinski definition) is 5. The molecule has 2 aliphatic heterocycles. The number of amides is 1. The van der Waals surface area contributed by atoms with Crippen LogP contribution in [0.1, 0.15) is 38.3 Å². The molecule has 0 aromatic heterocycles. The smallest absolute Gasteiger partial charge is 0.410 e. The summed E-state index contributed by atoms with van der Waals surface area (Å²) in [6, 6.07) is 6.68. The molecule has 0 aliphatic carbocycles. The lowest BCUT2D eigenvalue weighted by Gasteiger charge is -2.36. The Morgan fingerprint density at radius 2 is 1.89 bits per heavy atom. The van der Waals surface area contributed by atoms with Crippen LogP contribution in [0.25, 0.3) is 0 Å². The van der Waals surface area contributed by atoms with Gasteiger partial charge in [0.1, 0.15) is 5.60 Å². The van der Waals surface area contributed by atoms with E-state index in [-0.39, 0.29) is 12.7 Å². The monoisotopic (exact) mass is 389 g/mol. The second-order valence-electron chi connectivity index (χ2n) is 9.16. The average Bonchev–Trinajstić information content (AvgIpc) is 3.11. The number of anilines is 1. The second kappa shape index (κ2) is 8.70. The first-order chi connectivity index (χ1) is 13.2. The molecule has 6 nitrogen and oxygen atoms in total. The van der Waals surface area contributed by atoms with Gasteiger partial charge >= 0.3 is 6.09 Å². The lowest BCUT2D eigenvalue weighted by Crippen LogP contribution is -2.49. The van der Waals surface area contributed by atoms with Gasteiger partial charge in [0.05, 0.1) is 0 Å². The Morgan fingerprint density at radius 1 is 1.18 bits per heavy atom. The minimum Gasteiger partial charge on any atom is -0.444 e. The molecule has 0 bridgehead atoms. The first-order valence-corrected chi connectivity index (χ1v) is 10.4. The number of ether oxygens (including phenoxy) is 1. The van der Waals surface area contributed by atoms with Crippen molar-refractivity contribution in [3.05, 3.63) is 29.3 Å². The lowest BCUT2D eigenvalue weighted by molar-refractivity contribution is 0.0139. The van der Waals surface area contributed by atoms with Gasteiger partial charge in [0, 0.05) is 64.0 Å². The predicted octanol–water partition coefficient (Wildman–Crippen LogP) is 2.87. The van der Waals surface area contributed by atoms with E-state index in [1.165, 1.54) is 16.8 Å². The molecule has 0 spiro atoms. The number of aliphatic hydroxyl groups is 1. The van der Waals surface area contributed by atoms with Gasteiger partial charge in [0.2, 0.25) is 0 Å². The van der Waals surface area contributed by atoms with Crippen LogP contribution in [0.3, 0.4) is 0 Å². The number of rotatable bonds is 4. The summed E-state index contributed by atoms with van der Waals surface area (Å²) in [5, 5.41) is 9.48. The van der Waals surface area contributed by atoms with E-state index in [0.29, 0.717) is 19.0 Å². The number of carbonyl (C=O) groups excluding carboxylic acids is 1. The van der Waals surface area contributed by atoms with Crippen LogP contribution in [0.4, 0.5) is 10.5 Å². The van der Waals surface area contributed by atoms with Gasteiger partial charge in [0.15, 0.2) is 0 Å². The molecule has 1 amide bonds. The zero-order valence-electron chi connectivity index (χ0n) is 17.8. The standard InChI is InChI=1S/C22H35N3O3/c1-17-5-6-19(20(13-17)25-8-7-18(14-25)16-26)15-23-9-11-24(12-10-23)21(27)28-22(2,3)4/h5-6,13,18,26H,7-12,14-16H2,1-4H3/t18-/m0/s1. The molecule has 2 saturated heterocycles. The summed E-state index contributed by atoms with van der Waals surface area (Å²) in [4.78, 5) is 18.9. The molecule has 0 unspecified atom stereocenters. The topological polar surface area (TPSA) is 56.2 Å².